The zero-order valence-electron chi connectivity index (χ0n) is 11.1. The van der Waals surface area contributed by atoms with Crippen molar-refractivity contribution in [2.75, 3.05) is 43.9 Å². The van der Waals surface area contributed by atoms with Gasteiger partial charge in [0.2, 0.25) is 0 Å². The molecule has 1 fully saturated rings. The van der Waals surface area contributed by atoms with Gasteiger partial charge in [0.15, 0.2) is 0 Å². The van der Waals surface area contributed by atoms with Crippen molar-refractivity contribution < 1.29 is 0 Å². The Hall–Kier alpha value is -1.45. The molecule has 3 rings (SSSR count). The molecule has 1 saturated heterocycles. The molecule has 0 unspecified atom stereocenters. The molecule has 1 aliphatic rings. The van der Waals surface area contributed by atoms with Crippen LogP contribution in [0, 0.1) is 0 Å². The summed E-state index contributed by atoms with van der Waals surface area (Å²) in [6, 6.07) is 10.1. The molecule has 0 radical (unpaired) electrons. The van der Waals surface area contributed by atoms with Crippen molar-refractivity contribution in [3.05, 3.63) is 35.4 Å². The summed E-state index contributed by atoms with van der Waals surface area (Å²) in [7, 11) is 2.15. The molecule has 0 atom stereocenters. The van der Waals surface area contributed by atoms with Crippen molar-refractivity contribution in [1.29, 1.82) is 0 Å². The number of hydrogen-bond donors (Lipinski definition) is 1. The minimum Gasteiger partial charge on any atom is -0.398 e. The molecule has 0 aliphatic carbocycles. The van der Waals surface area contributed by atoms with E-state index in [1.807, 2.05) is 18.2 Å². The van der Waals surface area contributed by atoms with Crippen LogP contribution in [0.3, 0.4) is 0 Å². The Balaban J connectivity index is 2.12. The maximum atomic E-state index is 6.44. The van der Waals surface area contributed by atoms with Gasteiger partial charge in [-0.25, -0.2) is 0 Å². The summed E-state index contributed by atoms with van der Waals surface area (Å²) < 4.78 is 0. The van der Waals surface area contributed by atoms with Gasteiger partial charge in [-0.05, 0) is 13.1 Å². The van der Waals surface area contributed by atoms with E-state index in [4.69, 9.17) is 17.3 Å². The zero-order chi connectivity index (χ0) is 13.4. The summed E-state index contributed by atoms with van der Waals surface area (Å²) in [5.74, 6) is 0. The number of nitrogens with two attached hydrogens (primary N) is 1. The van der Waals surface area contributed by atoms with E-state index in [-0.39, 0.29) is 0 Å². The summed E-state index contributed by atoms with van der Waals surface area (Å²) >= 11 is 6.44. The number of likely N-dealkylation sites (N-methyl/N-ethyl adjacent to an activating group) is 1. The molecule has 0 amide bonds. The first-order valence-corrected chi connectivity index (χ1v) is 6.95. The minimum absolute atomic E-state index is 0.749. The predicted molar refractivity (Wildman–Crippen MR) is 83.1 cm³/mol. The molecule has 1 heterocycles. The molecule has 100 valence electrons. The number of rotatable bonds is 1. The average Bonchev–Trinajstić information content (AvgIpc) is 2.41. The third-order valence-corrected chi connectivity index (χ3v) is 4.11. The molecule has 0 aromatic heterocycles. The Bertz CT molecular complexity index is 604. The first kappa shape index (κ1) is 12.6. The van der Waals surface area contributed by atoms with Gasteiger partial charge in [0.05, 0.1) is 10.7 Å². The Morgan fingerprint density at radius 3 is 2.37 bits per heavy atom. The van der Waals surface area contributed by atoms with Crippen molar-refractivity contribution in [1.82, 2.24) is 4.90 Å². The van der Waals surface area contributed by atoms with E-state index in [2.05, 4.69) is 29.0 Å². The average molecular weight is 276 g/mol. The van der Waals surface area contributed by atoms with Gasteiger partial charge >= 0.3 is 0 Å². The number of nitrogen functional groups attached to an aromatic ring is 1. The van der Waals surface area contributed by atoms with Crippen molar-refractivity contribution in [3.63, 3.8) is 0 Å². The van der Waals surface area contributed by atoms with E-state index >= 15 is 0 Å². The molecule has 0 saturated carbocycles. The number of piperazine rings is 1. The number of nitrogens with zero attached hydrogens (tertiary/aromatic N) is 2. The minimum atomic E-state index is 0.749. The summed E-state index contributed by atoms with van der Waals surface area (Å²) in [6.45, 7) is 4.14. The summed E-state index contributed by atoms with van der Waals surface area (Å²) in [4.78, 5) is 4.70. The third-order valence-electron chi connectivity index (χ3n) is 3.82. The van der Waals surface area contributed by atoms with Crippen molar-refractivity contribution >= 4 is 33.7 Å². The SMILES string of the molecule is CN1CCN(c2c(Cl)cc(N)c3ccccc23)CC1. The molecule has 0 bridgehead atoms. The van der Waals surface area contributed by atoms with Gasteiger partial charge in [-0.15, -0.1) is 0 Å². The molecule has 1 aliphatic heterocycles. The molecule has 2 aromatic rings. The number of halogens is 1. The number of fused-ring (bicyclic) bond motifs is 1. The van der Waals surface area contributed by atoms with Gasteiger partial charge in [0.25, 0.3) is 0 Å². The highest BCUT2D eigenvalue weighted by atomic mass is 35.5. The smallest absolute Gasteiger partial charge is 0.0666 e. The summed E-state index contributed by atoms with van der Waals surface area (Å²) in [6.07, 6.45) is 0. The lowest BCUT2D eigenvalue weighted by molar-refractivity contribution is 0.313. The number of benzene rings is 2. The lowest BCUT2D eigenvalue weighted by Crippen LogP contribution is -2.44. The van der Waals surface area contributed by atoms with Gasteiger partial charge in [-0.2, -0.15) is 0 Å². The molecule has 0 spiro atoms. The molecular weight excluding hydrogens is 258 g/mol. The largest absolute Gasteiger partial charge is 0.398 e. The quantitative estimate of drug-likeness (QED) is 0.813. The Labute approximate surface area is 118 Å². The van der Waals surface area contributed by atoms with E-state index in [1.165, 1.54) is 0 Å². The number of anilines is 2. The van der Waals surface area contributed by atoms with Crippen LogP contribution in [0.5, 0.6) is 0 Å². The number of hydrogen-bond acceptors (Lipinski definition) is 3. The van der Waals surface area contributed by atoms with Crippen LogP contribution in [0.1, 0.15) is 0 Å². The fourth-order valence-electron chi connectivity index (χ4n) is 2.70. The topological polar surface area (TPSA) is 32.5 Å². The van der Waals surface area contributed by atoms with Crippen LogP contribution in [0.4, 0.5) is 11.4 Å². The Kier molecular flexibility index (Phi) is 3.25. The fourth-order valence-corrected chi connectivity index (χ4v) is 3.04. The molecular formula is C15H18ClN3. The van der Waals surface area contributed by atoms with E-state index in [0.29, 0.717) is 0 Å². The van der Waals surface area contributed by atoms with Crippen molar-refractivity contribution in [3.8, 4) is 0 Å². The Morgan fingerprint density at radius 2 is 1.68 bits per heavy atom. The highest BCUT2D eigenvalue weighted by Crippen LogP contribution is 2.38. The second kappa shape index (κ2) is 4.91. The monoisotopic (exact) mass is 275 g/mol. The highest BCUT2D eigenvalue weighted by molar-refractivity contribution is 6.35. The maximum Gasteiger partial charge on any atom is 0.0666 e. The van der Waals surface area contributed by atoms with Crippen LogP contribution in [-0.4, -0.2) is 38.1 Å². The Morgan fingerprint density at radius 1 is 1.05 bits per heavy atom. The van der Waals surface area contributed by atoms with Crippen molar-refractivity contribution in [2.45, 2.75) is 0 Å². The first-order valence-electron chi connectivity index (χ1n) is 6.57. The predicted octanol–water partition coefficient (Wildman–Crippen LogP) is 2.83. The molecule has 2 N–H and O–H groups in total. The van der Waals surface area contributed by atoms with Crippen LogP contribution < -0.4 is 10.6 Å². The van der Waals surface area contributed by atoms with Gasteiger partial charge in [0, 0.05) is 42.6 Å². The van der Waals surface area contributed by atoms with E-state index < -0.39 is 0 Å². The van der Waals surface area contributed by atoms with Crippen LogP contribution in [0.2, 0.25) is 5.02 Å². The van der Waals surface area contributed by atoms with Crippen LogP contribution >= 0.6 is 11.6 Å². The van der Waals surface area contributed by atoms with Gasteiger partial charge in [-0.3, -0.25) is 0 Å². The van der Waals surface area contributed by atoms with E-state index in [1.54, 1.807) is 0 Å². The van der Waals surface area contributed by atoms with Crippen molar-refractivity contribution in [2.24, 2.45) is 0 Å². The van der Waals surface area contributed by atoms with Crippen LogP contribution in [0.25, 0.3) is 10.8 Å². The molecule has 4 heteroatoms. The fraction of sp³-hybridized carbons (Fsp3) is 0.333. The lowest BCUT2D eigenvalue weighted by atomic mass is 10.1. The first-order chi connectivity index (χ1) is 9.16. The maximum absolute atomic E-state index is 6.44. The standard InChI is InChI=1S/C15H18ClN3/c1-18-6-8-19(9-7-18)15-12-5-3-2-4-11(12)14(17)10-13(15)16/h2-5,10H,6-9,17H2,1H3. The van der Waals surface area contributed by atoms with Crippen LogP contribution in [-0.2, 0) is 0 Å². The highest BCUT2D eigenvalue weighted by Gasteiger charge is 2.19. The van der Waals surface area contributed by atoms with Gasteiger partial charge in [-0.1, -0.05) is 35.9 Å². The van der Waals surface area contributed by atoms with Crippen LogP contribution in [0.15, 0.2) is 30.3 Å². The summed E-state index contributed by atoms with van der Waals surface area (Å²) in [5.41, 5.74) is 7.94. The zero-order valence-corrected chi connectivity index (χ0v) is 11.8. The lowest BCUT2D eigenvalue weighted by Gasteiger charge is -2.35. The second-order valence-corrected chi connectivity index (χ2v) is 5.54. The molecule has 19 heavy (non-hydrogen) atoms. The molecule has 2 aromatic carbocycles. The summed E-state index contributed by atoms with van der Waals surface area (Å²) in [5, 5.41) is 2.98. The van der Waals surface area contributed by atoms with Gasteiger partial charge in [0.1, 0.15) is 0 Å². The van der Waals surface area contributed by atoms with E-state index in [0.717, 1.165) is 53.3 Å². The third kappa shape index (κ3) is 2.24. The van der Waals surface area contributed by atoms with E-state index in [9.17, 15) is 0 Å². The second-order valence-electron chi connectivity index (χ2n) is 5.13. The normalized spacial score (nSPS) is 17.1. The van der Waals surface area contributed by atoms with Gasteiger partial charge < -0.3 is 15.5 Å². The molecule has 3 nitrogen and oxygen atoms in total.